The third-order valence-electron chi connectivity index (χ3n) is 3.66. The highest BCUT2D eigenvalue weighted by atomic mass is 32.2. The summed E-state index contributed by atoms with van der Waals surface area (Å²) in [7, 11) is 0. The second-order valence-electron chi connectivity index (χ2n) is 6.08. The maximum Gasteiger partial charge on any atom is 0.288 e. The Balaban J connectivity index is 1.61. The van der Waals surface area contributed by atoms with Crippen LogP contribution in [0.3, 0.4) is 0 Å². The molecule has 3 rings (SSSR count). The highest BCUT2D eigenvalue weighted by Gasteiger charge is 2.16. The lowest BCUT2D eigenvalue weighted by molar-refractivity contribution is 0.538. The number of aromatic amines is 1. The van der Waals surface area contributed by atoms with E-state index in [0.717, 1.165) is 28.3 Å². The maximum absolute atomic E-state index is 12.1. The third kappa shape index (κ3) is 3.65. The molecular weight excluding hydrogens is 326 g/mol. The van der Waals surface area contributed by atoms with E-state index in [1.54, 1.807) is 0 Å². The van der Waals surface area contributed by atoms with Gasteiger partial charge in [-0.05, 0) is 44.0 Å². The van der Waals surface area contributed by atoms with Crippen molar-refractivity contribution < 1.29 is 8.39 Å². The molecule has 0 bridgehead atoms. The van der Waals surface area contributed by atoms with E-state index in [1.807, 2.05) is 56.5 Å². The molecule has 0 radical (unpaired) electrons. The topological polar surface area (TPSA) is 84.3 Å². The number of nitrogens with zero attached hydrogens (tertiary/aromatic N) is 3. The zero-order valence-corrected chi connectivity index (χ0v) is 15.0. The second-order valence-corrected chi connectivity index (χ2v) is 7.01. The molecule has 24 heavy (non-hydrogen) atoms. The van der Waals surface area contributed by atoms with Crippen LogP contribution in [0.5, 0.6) is 5.75 Å². The maximum atomic E-state index is 12.1. The van der Waals surface area contributed by atoms with E-state index in [1.165, 1.54) is 0 Å². The van der Waals surface area contributed by atoms with E-state index in [-0.39, 0.29) is 5.92 Å². The summed E-state index contributed by atoms with van der Waals surface area (Å²) < 4.78 is 22.3. The molecule has 0 aliphatic carbocycles. The van der Waals surface area contributed by atoms with Gasteiger partial charge in [-0.25, -0.2) is 9.24 Å². The number of H-pyrrole nitrogens is 1. The van der Waals surface area contributed by atoms with Gasteiger partial charge in [0.2, 0.25) is 0 Å². The molecule has 0 spiro atoms. The fraction of sp³-hybridized carbons (Fsp3) is 0.375. The molecule has 2 heterocycles. The molecule has 8 heteroatoms. The Hall–Kier alpha value is -2.19. The minimum atomic E-state index is -1.62. The Labute approximate surface area is 143 Å². The smallest absolute Gasteiger partial charge is 0.288 e. The fourth-order valence-electron chi connectivity index (χ4n) is 2.62. The van der Waals surface area contributed by atoms with Gasteiger partial charge in [0.25, 0.3) is 11.3 Å². The van der Waals surface area contributed by atoms with Gasteiger partial charge >= 0.3 is 0 Å². The number of rotatable bonds is 6. The number of aryl methyl sites for hydroxylation is 3. The lowest BCUT2D eigenvalue weighted by atomic mass is 10.1. The van der Waals surface area contributed by atoms with Crippen LogP contribution in [0, 0.1) is 20.8 Å². The highest BCUT2D eigenvalue weighted by Crippen LogP contribution is 2.17. The molecule has 0 aliphatic heterocycles. The van der Waals surface area contributed by atoms with Crippen molar-refractivity contribution in [2.24, 2.45) is 0 Å². The van der Waals surface area contributed by atoms with Gasteiger partial charge in [0.1, 0.15) is 5.75 Å². The quantitative estimate of drug-likeness (QED) is 0.717. The van der Waals surface area contributed by atoms with Crippen LogP contribution in [0.15, 0.2) is 24.3 Å². The van der Waals surface area contributed by atoms with Crippen molar-refractivity contribution in [1.82, 2.24) is 24.5 Å². The van der Waals surface area contributed by atoms with Gasteiger partial charge in [-0.2, -0.15) is 4.21 Å². The Morgan fingerprint density at radius 1 is 1.21 bits per heavy atom. The van der Waals surface area contributed by atoms with Crippen LogP contribution in [0.4, 0.5) is 0 Å². The molecular formula is C16H21N5O2S. The van der Waals surface area contributed by atoms with Crippen molar-refractivity contribution >= 4 is 16.9 Å². The van der Waals surface area contributed by atoms with Crippen molar-refractivity contribution in [1.29, 1.82) is 0 Å². The van der Waals surface area contributed by atoms with Crippen LogP contribution in [0.25, 0.3) is 5.65 Å². The average molecular weight is 347 g/mol. The van der Waals surface area contributed by atoms with Crippen LogP contribution in [-0.4, -0.2) is 30.6 Å². The first-order valence-electron chi connectivity index (χ1n) is 7.75. The Bertz CT molecular complexity index is 866. The summed E-state index contributed by atoms with van der Waals surface area (Å²) in [6.07, 6.45) is 0. The number of nitrogens with one attached hydrogen (secondary N) is 2. The van der Waals surface area contributed by atoms with E-state index in [9.17, 15) is 4.21 Å². The molecule has 2 N–H and O–H groups in total. The lowest BCUT2D eigenvalue weighted by Gasteiger charge is -2.11. The zero-order valence-electron chi connectivity index (χ0n) is 14.2. The SMILES string of the molecule is Cc1cc(C)cc(OS(=O)NCC(C)c2nnc3cc(C)[nH]n23)c1. The van der Waals surface area contributed by atoms with E-state index in [2.05, 4.69) is 20.0 Å². The molecule has 0 aliphatic rings. The summed E-state index contributed by atoms with van der Waals surface area (Å²) in [6, 6.07) is 7.69. The molecule has 3 aromatic rings. The minimum absolute atomic E-state index is 0.0184. The van der Waals surface area contributed by atoms with Gasteiger partial charge in [-0.1, -0.05) is 13.0 Å². The summed E-state index contributed by atoms with van der Waals surface area (Å²) in [5, 5.41) is 11.5. The molecule has 0 fully saturated rings. The van der Waals surface area contributed by atoms with Crippen LogP contribution in [-0.2, 0) is 11.3 Å². The summed E-state index contributed by atoms with van der Waals surface area (Å²) in [4.78, 5) is 0. The number of hydrogen-bond acceptors (Lipinski definition) is 4. The van der Waals surface area contributed by atoms with Crippen molar-refractivity contribution in [3.8, 4) is 5.75 Å². The molecule has 2 unspecified atom stereocenters. The average Bonchev–Trinajstić information content (AvgIpc) is 3.02. The molecule has 1 aromatic carbocycles. The fourth-order valence-corrected chi connectivity index (χ4v) is 3.34. The van der Waals surface area contributed by atoms with E-state index >= 15 is 0 Å². The number of benzene rings is 1. The minimum Gasteiger partial charge on any atom is -0.389 e. The van der Waals surface area contributed by atoms with Crippen molar-refractivity contribution in [3.05, 3.63) is 46.9 Å². The summed E-state index contributed by atoms with van der Waals surface area (Å²) in [5.41, 5.74) is 3.94. The standard InChI is InChI=1S/C16H21N5O2S/c1-10-5-11(2)7-14(6-10)23-24(22)17-9-12(3)16-19-18-15-8-13(4)20-21(15)16/h5-8,12,17,20H,9H2,1-4H3. The Morgan fingerprint density at radius 3 is 2.62 bits per heavy atom. The van der Waals surface area contributed by atoms with Gasteiger partial charge < -0.3 is 4.18 Å². The van der Waals surface area contributed by atoms with Crippen molar-refractivity contribution in [2.45, 2.75) is 33.6 Å². The first-order chi connectivity index (χ1) is 11.4. The Kier molecular flexibility index (Phi) is 4.68. The predicted molar refractivity (Wildman–Crippen MR) is 93.2 cm³/mol. The van der Waals surface area contributed by atoms with Gasteiger partial charge in [0.15, 0.2) is 11.5 Å². The highest BCUT2D eigenvalue weighted by molar-refractivity contribution is 7.78. The summed E-state index contributed by atoms with van der Waals surface area (Å²) in [5.74, 6) is 1.40. The molecule has 0 amide bonds. The number of fused-ring (bicyclic) bond motifs is 1. The largest absolute Gasteiger partial charge is 0.389 e. The normalized spacial score (nSPS) is 14.0. The number of aromatic nitrogens is 4. The van der Waals surface area contributed by atoms with E-state index < -0.39 is 11.3 Å². The van der Waals surface area contributed by atoms with Crippen LogP contribution in [0.1, 0.15) is 35.5 Å². The summed E-state index contributed by atoms with van der Waals surface area (Å²) >= 11 is -1.62. The summed E-state index contributed by atoms with van der Waals surface area (Å²) in [6.45, 7) is 8.37. The van der Waals surface area contributed by atoms with Crippen molar-refractivity contribution in [3.63, 3.8) is 0 Å². The third-order valence-corrected chi connectivity index (χ3v) is 4.41. The van der Waals surface area contributed by atoms with Crippen LogP contribution in [0.2, 0.25) is 0 Å². The number of hydrogen-bond donors (Lipinski definition) is 2. The van der Waals surface area contributed by atoms with Gasteiger partial charge in [0, 0.05) is 24.2 Å². The van der Waals surface area contributed by atoms with Gasteiger partial charge in [-0.3, -0.25) is 5.10 Å². The lowest BCUT2D eigenvalue weighted by Crippen LogP contribution is -2.26. The molecule has 2 atom stereocenters. The Morgan fingerprint density at radius 2 is 1.92 bits per heavy atom. The van der Waals surface area contributed by atoms with E-state index in [0.29, 0.717) is 12.3 Å². The molecule has 0 saturated carbocycles. The predicted octanol–water partition coefficient (Wildman–Crippen LogP) is 2.33. The zero-order chi connectivity index (χ0) is 17.3. The molecule has 128 valence electrons. The van der Waals surface area contributed by atoms with Gasteiger partial charge in [-0.15, -0.1) is 10.2 Å². The van der Waals surface area contributed by atoms with Crippen LogP contribution < -0.4 is 8.91 Å². The monoisotopic (exact) mass is 347 g/mol. The van der Waals surface area contributed by atoms with Crippen molar-refractivity contribution in [2.75, 3.05) is 6.54 Å². The molecule has 2 aromatic heterocycles. The first-order valence-corrected chi connectivity index (χ1v) is 8.82. The van der Waals surface area contributed by atoms with Crippen LogP contribution >= 0.6 is 0 Å². The molecule has 7 nitrogen and oxygen atoms in total. The first kappa shape index (κ1) is 16.7. The second kappa shape index (κ2) is 6.74. The molecule has 0 saturated heterocycles. The van der Waals surface area contributed by atoms with Gasteiger partial charge in [0.05, 0.1) is 0 Å². The van der Waals surface area contributed by atoms with E-state index in [4.69, 9.17) is 4.18 Å².